The molecular weight excluding hydrogens is 494 g/mol. The molecule has 10 atom stereocenters. The minimum Gasteiger partial charge on any atom is -0.493 e. The third kappa shape index (κ3) is 5.35. The Morgan fingerprint density at radius 3 is 2.24 bits per heavy atom. The number of rotatable bonds is 7. The Balaban J connectivity index is 1.44. The molecule has 1 aromatic rings. The summed E-state index contributed by atoms with van der Waals surface area (Å²) in [4.78, 5) is 24.4. The molecule has 1 aromatic carbocycles. The van der Waals surface area contributed by atoms with E-state index in [9.17, 15) is 35.1 Å². The summed E-state index contributed by atoms with van der Waals surface area (Å²) in [7, 11) is 1.38. The van der Waals surface area contributed by atoms with E-state index < -0.39 is 72.9 Å². The number of methoxy groups -OCH3 is 1. The molecule has 1 saturated carbocycles. The van der Waals surface area contributed by atoms with Crippen LogP contribution in [-0.4, -0.2) is 112 Å². The fourth-order valence-electron chi connectivity index (χ4n) is 4.61. The minimum absolute atomic E-state index is 0.138. The lowest BCUT2D eigenvalue weighted by atomic mass is 9.83. The molecule has 1 amide bonds. The fourth-order valence-corrected chi connectivity index (χ4v) is 4.61. The van der Waals surface area contributed by atoms with Crippen molar-refractivity contribution in [1.82, 2.24) is 5.32 Å². The predicted octanol–water partition coefficient (Wildman–Crippen LogP) is -2.16. The molecule has 0 radical (unpaired) electrons. The molecule has 0 aromatic heterocycles. The zero-order chi connectivity index (χ0) is 27.0. The number of Topliss-reactive ketones (excluding diaryl/α,β-unsaturated/α-hetero) is 1. The fraction of sp³-hybridized carbons (Fsp3) is 0.583. The summed E-state index contributed by atoms with van der Waals surface area (Å²) >= 11 is 0. The average Bonchev–Trinajstić information content (AvgIpc) is 3.47. The third-order valence-electron chi connectivity index (χ3n) is 6.69. The molecule has 0 spiro atoms. The second kappa shape index (κ2) is 11.0. The van der Waals surface area contributed by atoms with E-state index in [0.29, 0.717) is 5.56 Å². The van der Waals surface area contributed by atoms with Crippen molar-refractivity contribution in [2.75, 3.05) is 13.9 Å². The van der Waals surface area contributed by atoms with Gasteiger partial charge in [-0.25, -0.2) is 0 Å². The van der Waals surface area contributed by atoms with E-state index in [0.717, 1.165) is 0 Å². The van der Waals surface area contributed by atoms with E-state index in [2.05, 4.69) is 5.32 Å². The van der Waals surface area contributed by atoms with E-state index >= 15 is 0 Å². The molecule has 6 N–H and O–H groups in total. The summed E-state index contributed by atoms with van der Waals surface area (Å²) < 4.78 is 26.8. The summed E-state index contributed by atoms with van der Waals surface area (Å²) in [6.45, 7) is 2.61. The second-order valence-corrected chi connectivity index (χ2v) is 9.22. The number of nitrogens with one attached hydrogen (secondary N) is 1. The van der Waals surface area contributed by atoms with Crippen molar-refractivity contribution in [3.05, 3.63) is 29.3 Å². The van der Waals surface area contributed by atoms with Gasteiger partial charge >= 0.3 is 0 Å². The molecule has 1 aliphatic carbocycles. The molecule has 2 heterocycles. The number of aliphatic hydroxyl groups is 5. The number of aliphatic hydroxyl groups excluding tert-OH is 5. The first-order chi connectivity index (χ1) is 17.5. The maximum atomic E-state index is 12.8. The molecule has 2 aliphatic heterocycles. The summed E-state index contributed by atoms with van der Waals surface area (Å²) in [6.07, 6.45) is -9.78. The van der Waals surface area contributed by atoms with Crippen molar-refractivity contribution >= 4 is 17.8 Å². The normalized spacial score (nSPS) is 37.7. The van der Waals surface area contributed by atoms with Crippen LogP contribution in [0.2, 0.25) is 0 Å². The van der Waals surface area contributed by atoms with E-state index in [1.165, 1.54) is 33.1 Å². The SMILES string of the molecule is COc1cc(/C=C(\C)C(=O)N[C@@H]2[C@H](O)[C@@H](O)[C@H]3OCO[C@H]3[C@@H]2O)ccc1O[C@@H]1O[C@H](C(C)=O)[C@@H](O)[C@@H]1O. The molecule has 37 heavy (non-hydrogen) atoms. The molecule has 0 bridgehead atoms. The molecule has 0 unspecified atom stereocenters. The van der Waals surface area contributed by atoms with Crippen LogP contribution in [0.15, 0.2) is 23.8 Å². The topological polar surface area (TPSA) is 193 Å². The Labute approximate surface area is 212 Å². The highest BCUT2D eigenvalue weighted by Gasteiger charge is 2.53. The lowest BCUT2D eigenvalue weighted by Gasteiger charge is -2.41. The average molecular weight is 526 g/mol. The number of hydrogen-bond acceptors (Lipinski definition) is 12. The first kappa shape index (κ1) is 27.4. The van der Waals surface area contributed by atoms with Gasteiger partial charge in [-0.3, -0.25) is 9.59 Å². The largest absolute Gasteiger partial charge is 0.493 e. The van der Waals surface area contributed by atoms with Gasteiger partial charge in [-0.15, -0.1) is 0 Å². The minimum atomic E-state index is -1.47. The van der Waals surface area contributed by atoms with Gasteiger partial charge in [0.2, 0.25) is 12.2 Å². The Morgan fingerprint density at radius 1 is 0.946 bits per heavy atom. The standard InChI is InChI=1S/C24H31NO12/c1-9(23(32)25-14-15(27)17(29)22-21(16(14)28)34-8-35-22)6-11-4-5-12(13(7-11)33-3)36-24-19(31)18(30)20(37-24)10(2)26/h4-7,14-22,24,27-31H,8H2,1-3H3,(H,25,32)/b9-6+/t14-,15+,16-,17-,18+,19+,20-,21+,22-,24-/m1/s1. The van der Waals surface area contributed by atoms with Crippen LogP contribution < -0.4 is 14.8 Å². The number of ketones is 1. The second-order valence-electron chi connectivity index (χ2n) is 9.22. The van der Waals surface area contributed by atoms with E-state index in [1.54, 1.807) is 12.1 Å². The predicted molar refractivity (Wildman–Crippen MR) is 123 cm³/mol. The Kier molecular flexibility index (Phi) is 8.16. The molecule has 3 aliphatic rings. The quantitative estimate of drug-likeness (QED) is 0.211. The van der Waals surface area contributed by atoms with Crippen molar-refractivity contribution in [2.45, 2.75) is 75.0 Å². The molecule has 4 rings (SSSR count). The summed E-state index contributed by atoms with van der Waals surface area (Å²) in [5.74, 6) is -0.661. The number of benzene rings is 1. The number of carbonyl (C=O) groups is 2. The Hall–Kier alpha value is -2.62. The van der Waals surface area contributed by atoms with Crippen molar-refractivity contribution < 1.29 is 58.8 Å². The van der Waals surface area contributed by atoms with Crippen molar-refractivity contribution in [2.24, 2.45) is 0 Å². The van der Waals surface area contributed by atoms with E-state index in [4.69, 9.17) is 23.7 Å². The van der Waals surface area contributed by atoms with Crippen molar-refractivity contribution in [1.29, 1.82) is 0 Å². The monoisotopic (exact) mass is 525 g/mol. The number of carbonyl (C=O) groups excluding carboxylic acids is 2. The van der Waals surface area contributed by atoms with Crippen molar-refractivity contribution in [3.8, 4) is 11.5 Å². The van der Waals surface area contributed by atoms with Crippen molar-refractivity contribution in [3.63, 3.8) is 0 Å². The first-order valence-electron chi connectivity index (χ1n) is 11.7. The Bertz CT molecular complexity index is 1050. The van der Waals surface area contributed by atoms with Crippen LogP contribution in [-0.2, 0) is 23.8 Å². The lowest BCUT2D eigenvalue weighted by Crippen LogP contribution is -2.67. The van der Waals surface area contributed by atoms with Crippen LogP contribution in [0.4, 0.5) is 0 Å². The van der Waals surface area contributed by atoms with Gasteiger partial charge in [0.25, 0.3) is 0 Å². The highest BCUT2D eigenvalue weighted by Crippen LogP contribution is 2.33. The van der Waals surface area contributed by atoms with Crippen LogP contribution in [0.3, 0.4) is 0 Å². The third-order valence-corrected chi connectivity index (χ3v) is 6.69. The molecular formula is C24H31NO12. The van der Waals surface area contributed by atoms with Crippen LogP contribution in [0.5, 0.6) is 11.5 Å². The number of hydrogen-bond donors (Lipinski definition) is 6. The van der Waals surface area contributed by atoms with Gasteiger partial charge in [-0.1, -0.05) is 6.07 Å². The molecule has 204 valence electrons. The van der Waals surface area contributed by atoms with Gasteiger partial charge in [-0.2, -0.15) is 0 Å². The highest BCUT2D eigenvalue weighted by molar-refractivity contribution is 5.97. The van der Waals surface area contributed by atoms with Crippen LogP contribution in [0, 0.1) is 0 Å². The molecule has 13 nitrogen and oxygen atoms in total. The van der Waals surface area contributed by atoms with Gasteiger partial charge in [0.1, 0.15) is 55.6 Å². The van der Waals surface area contributed by atoms with E-state index in [1.807, 2.05) is 0 Å². The van der Waals surface area contributed by atoms with E-state index in [-0.39, 0.29) is 23.9 Å². The molecule has 2 saturated heterocycles. The van der Waals surface area contributed by atoms with Crippen LogP contribution in [0.1, 0.15) is 19.4 Å². The van der Waals surface area contributed by atoms with Gasteiger partial charge in [0.15, 0.2) is 17.3 Å². The van der Waals surface area contributed by atoms with Crippen LogP contribution >= 0.6 is 0 Å². The number of amides is 1. The molecule has 13 heteroatoms. The number of fused-ring (bicyclic) bond motifs is 1. The highest BCUT2D eigenvalue weighted by atomic mass is 16.7. The maximum Gasteiger partial charge on any atom is 0.247 e. The zero-order valence-electron chi connectivity index (χ0n) is 20.4. The molecule has 3 fully saturated rings. The van der Waals surface area contributed by atoms with Gasteiger partial charge in [0.05, 0.1) is 13.2 Å². The van der Waals surface area contributed by atoms with Gasteiger partial charge in [0, 0.05) is 5.57 Å². The Morgan fingerprint density at radius 2 is 1.62 bits per heavy atom. The first-order valence-corrected chi connectivity index (χ1v) is 11.7. The summed E-state index contributed by atoms with van der Waals surface area (Å²) in [5, 5.41) is 53.9. The van der Waals surface area contributed by atoms with Gasteiger partial charge < -0.3 is 54.5 Å². The zero-order valence-corrected chi connectivity index (χ0v) is 20.4. The smallest absolute Gasteiger partial charge is 0.247 e. The number of ether oxygens (including phenoxy) is 5. The lowest BCUT2D eigenvalue weighted by molar-refractivity contribution is -0.155. The van der Waals surface area contributed by atoms with Crippen LogP contribution in [0.25, 0.3) is 6.08 Å². The van der Waals surface area contributed by atoms with Gasteiger partial charge in [-0.05, 0) is 37.6 Å². The maximum absolute atomic E-state index is 12.8. The summed E-state index contributed by atoms with van der Waals surface area (Å²) in [5.41, 5.74) is 0.751. The summed E-state index contributed by atoms with van der Waals surface area (Å²) in [6, 6.07) is 3.46.